The van der Waals surface area contributed by atoms with Gasteiger partial charge in [0.2, 0.25) is 5.91 Å². The van der Waals surface area contributed by atoms with Crippen molar-refractivity contribution in [2.24, 2.45) is 0 Å². The summed E-state index contributed by atoms with van der Waals surface area (Å²) in [5.41, 5.74) is 2.12. The topological polar surface area (TPSA) is 101 Å². The average molecular weight is 411 g/mol. The number of sulfone groups is 1. The molecule has 146 valence electrons. The third-order valence-corrected chi connectivity index (χ3v) is 6.72. The predicted molar refractivity (Wildman–Crippen MR) is 108 cm³/mol. The molecular weight excluding hydrogens is 388 g/mol. The zero-order valence-corrected chi connectivity index (χ0v) is 16.9. The molecule has 9 heteroatoms. The molecule has 1 amide bonds. The van der Waals surface area contributed by atoms with Crippen LogP contribution in [0.15, 0.2) is 36.5 Å². The van der Waals surface area contributed by atoms with Crippen molar-refractivity contribution >= 4 is 33.8 Å². The lowest BCUT2D eigenvalue weighted by Crippen LogP contribution is -2.55. The molecule has 3 rings (SSSR count). The van der Waals surface area contributed by atoms with E-state index in [1.54, 1.807) is 24.4 Å². The molecule has 2 N–H and O–H groups in total. The first kappa shape index (κ1) is 21.3. The lowest BCUT2D eigenvalue weighted by atomic mass is 9.95. The van der Waals surface area contributed by atoms with Crippen LogP contribution in [0.1, 0.15) is 18.5 Å². The minimum absolute atomic E-state index is 0. The van der Waals surface area contributed by atoms with Gasteiger partial charge in [0.05, 0.1) is 0 Å². The molecule has 27 heavy (non-hydrogen) atoms. The first-order valence-corrected chi connectivity index (χ1v) is 10.3. The summed E-state index contributed by atoms with van der Waals surface area (Å²) in [6.45, 7) is 2.87. The molecule has 2 aromatic rings. The van der Waals surface area contributed by atoms with Crippen LogP contribution in [0.4, 0.5) is 5.69 Å². The smallest absolute Gasteiger partial charge is 0.245 e. The van der Waals surface area contributed by atoms with Crippen molar-refractivity contribution in [3.05, 3.63) is 42.2 Å². The first-order valence-electron chi connectivity index (χ1n) is 8.44. The van der Waals surface area contributed by atoms with Gasteiger partial charge in [-0.15, -0.1) is 12.4 Å². The molecule has 0 saturated carbocycles. The van der Waals surface area contributed by atoms with Crippen LogP contribution >= 0.6 is 12.4 Å². The Labute approximate surface area is 165 Å². The van der Waals surface area contributed by atoms with Crippen molar-refractivity contribution in [2.75, 3.05) is 24.7 Å². The van der Waals surface area contributed by atoms with Gasteiger partial charge in [-0.25, -0.2) is 18.4 Å². The van der Waals surface area contributed by atoms with Gasteiger partial charge in [-0.05, 0) is 51.1 Å². The molecule has 1 aliphatic rings. The number of hydrogen-bond acceptors (Lipinski definition) is 6. The lowest BCUT2D eigenvalue weighted by molar-refractivity contribution is -0.119. The highest BCUT2D eigenvalue weighted by atomic mass is 35.5. The molecule has 0 aliphatic carbocycles. The second-order valence-corrected chi connectivity index (χ2v) is 8.90. The number of anilines is 1. The maximum absolute atomic E-state index is 12.9. The summed E-state index contributed by atoms with van der Waals surface area (Å²) < 4.78 is 23.3. The zero-order chi connectivity index (χ0) is 18.8. The summed E-state index contributed by atoms with van der Waals surface area (Å²) in [7, 11) is -3.55. The number of hydrogen-bond donors (Lipinski definition) is 2. The van der Waals surface area contributed by atoms with Crippen LogP contribution < -0.4 is 10.6 Å². The molecule has 0 unspecified atom stereocenters. The third kappa shape index (κ3) is 4.45. The molecule has 7 nitrogen and oxygen atoms in total. The molecule has 0 atom stereocenters. The van der Waals surface area contributed by atoms with Crippen molar-refractivity contribution < 1.29 is 13.2 Å². The third-order valence-electron chi connectivity index (χ3n) is 4.71. The minimum atomic E-state index is -3.55. The fourth-order valence-electron chi connectivity index (χ4n) is 3.17. The molecule has 2 heterocycles. The van der Waals surface area contributed by atoms with Crippen molar-refractivity contribution in [1.29, 1.82) is 0 Å². The minimum Gasteiger partial charge on any atom is -0.325 e. The standard InChI is InChI=1S/C18H22N4O3S.ClH/c1-13-6-9-20-16(21-13)14-4-3-5-15(12-14)22-17(23)18(26(2,24)25)7-10-19-11-8-18;/h3-6,9,12,19H,7-8,10-11H2,1-2H3,(H,22,23);1H. The maximum Gasteiger partial charge on any atom is 0.245 e. The van der Waals surface area contributed by atoms with Gasteiger partial charge in [0.25, 0.3) is 0 Å². The second kappa shape index (κ2) is 8.33. The van der Waals surface area contributed by atoms with Crippen LogP contribution in [-0.2, 0) is 14.6 Å². The molecule has 1 aromatic carbocycles. The molecule has 0 spiro atoms. The van der Waals surface area contributed by atoms with E-state index < -0.39 is 20.5 Å². The fourth-order valence-corrected chi connectivity index (χ4v) is 4.50. The van der Waals surface area contributed by atoms with Crippen molar-refractivity contribution in [3.63, 3.8) is 0 Å². The zero-order valence-electron chi connectivity index (χ0n) is 15.2. The van der Waals surface area contributed by atoms with E-state index in [0.717, 1.165) is 17.5 Å². The maximum atomic E-state index is 12.9. The van der Waals surface area contributed by atoms with Crippen LogP contribution in [-0.4, -0.2) is 48.4 Å². The molecular formula is C18H23ClN4O3S. The van der Waals surface area contributed by atoms with E-state index in [1.807, 2.05) is 19.1 Å². The van der Waals surface area contributed by atoms with Gasteiger partial charge in [-0.3, -0.25) is 4.79 Å². The van der Waals surface area contributed by atoms with Gasteiger partial charge >= 0.3 is 0 Å². The summed E-state index contributed by atoms with van der Waals surface area (Å²) in [6.07, 6.45) is 3.34. The van der Waals surface area contributed by atoms with E-state index in [-0.39, 0.29) is 25.2 Å². The number of halogens is 1. The number of carbonyl (C=O) groups is 1. The number of benzene rings is 1. The molecule has 1 fully saturated rings. The van der Waals surface area contributed by atoms with Crippen LogP contribution in [0.3, 0.4) is 0 Å². The Morgan fingerprint density at radius 2 is 1.93 bits per heavy atom. The Bertz CT molecular complexity index is 928. The Morgan fingerprint density at radius 1 is 1.22 bits per heavy atom. The number of nitrogens with zero attached hydrogens (tertiary/aromatic N) is 2. The monoisotopic (exact) mass is 410 g/mol. The number of piperidine rings is 1. The van der Waals surface area contributed by atoms with E-state index in [4.69, 9.17) is 0 Å². The second-order valence-electron chi connectivity index (χ2n) is 6.57. The van der Waals surface area contributed by atoms with Gasteiger partial charge in [-0.2, -0.15) is 0 Å². The normalized spacial score (nSPS) is 16.2. The highest BCUT2D eigenvalue weighted by Gasteiger charge is 2.48. The molecule has 1 aliphatic heterocycles. The van der Waals surface area contributed by atoms with Gasteiger partial charge < -0.3 is 10.6 Å². The van der Waals surface area contributed by atoms with E-state index in [0.29, 0.717) is 24.6 Å². The molecule has 0 radical (unpaired) electrons. The Morgan fingerprint density at radius 3 is 2.56 bits per heavy atom. The quantitative estimate of drug-likeness (QED) is 0.799. The number of aryl methyl sites for hydroxylation is 1. The summed E-state index contributed by atoms with van der Waals surface area (Å²) >= 11 is 0. The van der Waals surface area contributed by atoms with Crippen LogP contribution in [0.5, 0.6) is 0 Å². The highest BCUT2D eigenvalue weighted by molar-refractivity contribution is 7.92. The predicted octanol–water partition coefficient (Wildman–Crippen LogP) is 1.98. The van der Waals surface area contributed by atoms with Gasteiger partial charge in [0.1, 0.15) is 0 Å². The number of amides is 1. The Balaban J connectivity index is 0.00000261. The SMILES string of the molecule is Cc1ccnc(-c2cccc(NC(=O)C3(S(C)(=O)=O)CCNCC3)c2)n1.Cl. The summed E-state index contributed by atoms with van der Waals surface area (Å²) in [4.78, 5) is 21.5. The number of carbonyl (C=O) groups excluding carboxylic acids is 1. The van der Waals surface area contributed by atoms with Crippen molar-refractivity contribution in [3.8, 4) is 11.4 Å². The first-order chi connectivity index (χ1) is 12.3. The number of aromatic nitrogens is 2. The Kier molecular flexibility index (Phi) is 6.56. The average Bonchev–Trinajstić information content (AvgIpc) is 2.61. The number of rotatable bonds is 4. The summed E-state index contributed by atoms with van der Waals surface area (Å²) in [5, 5.41) is 5.89. The fraction of sp³-hybridized carbons (Fsp3) is 0.389. The van der Waals surface area contributed by atoms with Gasteiger partial charge in [0, 0.05) is 29.4 Å². The Hall–Kier alpha value is -2.03. The highest BCUT2D eigenvalue weighted by Crippen LogP contribution is 2.30. The van der Waals surface area contributed by atoms with Gasteiger partial charge in [0.15, 0.2) is 20.4 Å². The summed E-state index contributed by atoms with van der Waals surface area (Å²) in [6, 6.07) is 8.92. The van der Waals surface area contributed by atoms with E-state index in [2.05, 4.69) is 20.6 Å². The molecule has 1 aromatic heterocycles. The van der Waals surface area contributed by atoms with Crippen LogP contribution in [0.25, 0.3) is 11.4 Å². The van der Waals surface area contributed by atoms with E-state index in [9.17, 15) is 13.2 Å². The summed E-state index contributed by atoms with van der Waals surface area (Å²) in [5.74, 6) is 0.0737. The van der Waals surface area contributed by atoms with Crippen LogP contribution in [0, 0.1) is 6.92 Å². The lowest BCUT2D eigenvalue weighted by Gasteiger charge is -2.34. The van der Waals surface area contributed by atoms with E-state index in [1.165, 1.54) is 0 Å². The van der Waals surface area contributed by atoms with E-state index >= 15 is 0 Å². The molecule has 0 bridgehead atoms. The molecule has 1 saturated heterocycles. The van der Waals surface area contributed by atoms with Crippen LogP contribution in [0.2, 0.25) is 0 Å². The van der Waals surface area contributed by atoms with Crippen molar-refractivity contribution in [1.82, 2.24) is 15.3 Å². The largest absolute Gasteiger partial charge is 0.325 e. The van der Waals surface area contributed by atoms with Crippen molar-refractivity contribution in [2.45, 2.75) is 24.5 Å². The van der Waals surface area contributed by atoms with Gasteiger partial charge in [-0.1, -0.05) is 12.1 Å². The number of nitrogens with one attached hydrogen (secondary N) is 2.